The minimum absolute atomic E-state index is 0.0198. The molecule has 0 radical (unpaired) electrons. The Hall–Kier alpha value is -2.30. The number of nitrogens with two attached hydrogens (primary N) is 1. The van der Waals surface area contributed by atoms with Gasteiger partial charge in [0.2, 0.25) is 5.91 Å². The molecule has 0 aliphatic heterocycles. The van der Waals surface area contributed by atoms with Gasteiger partial charge in [0.25, 0.3) is 5.91 Å². The van der Waals surface area contributed by atoms with E-state index in [1.807, 2.05) is 0 Å². The molecule has 5 nitrogen and oxygen atoms in total. The molecule has 0 bridgehead atoms. The Morgan fingerprint density at radius 1 is 1.40 bits per heavy atom. The largest absolute Gasteiger partial charge is 0.484 e. The fourth-order valence-electron chi connectivity index (χ4n) is 2.13. The lowest BCUT2D eigenvalue weighted by Crippen LogP contribution is -2.20. The van der Waals surface area contributed by atoms with Gasteiger partial charge in [0, 0.05) is 18.2 Å². The number of primary amides is 1. The van der Waals surface area contributed by atoms with Gasteiger partial charge in [-0.1, -0.05) is 18.2 Å². The molecule has 0 saturated carbocycles. The van der Waals surface area contributed by atoms with Crippen LogP contribution < -0.4 is 15.8 Å². The number of carbonyl (C=O) groups is 2. The quantitative estimate of drug-likeness (QED) is 0.777. The third kappa shape index (κ3) is 4.42. The smallest absolute Gasteiger partial charge is 0.255 e. The summed E-state index contributed by atoms with van der Waals surface area (Å²) in [7, 11) is 0. The average Bonchev–Trinajstić information content (AvgIpc) is 2.89. The summed E-state index contributed by atoms with van der Waals surface area (Å²) in [6.45, 7) is -0.176. The van der Waals surface area contributed by atoms with E-state index < -0.39 is 5.91 Å². The maximum Gasteiger partial charge on any atom is 0.255 e. The number of anilines is 1. The van der Waals surface area contributed by atoms with Gasteiger partial charge < -0.3 is 15.8 Å². The normalized spacial score (nSPS) is 16.9. The van der Waals surface area contributed by atoms with Gasteiger partial charge in [-0.05, 0) is 30.9 Å². The van der Waals surface area contributed by atoms with Crippen LogP contribution in [0, 0.1) is 5.92 Å². The Morgan fingerprint density at radius 2 is 2.25 bits per heavy atom. The number of carbonyl (C=O) groups excluding carboxylic acids is 2. The molecule has 0 fully saturated rings. The minimum Gasteiger partial charge on any atom is -0.484 e. The van der Waals surface area contributed by atoms with Crippen LogP contribution in [0.15, 0.2) is 36.4 Å². The van der Waals surface area contributed by atoms with Gasteiger partial charge in [0.1, 0.15) is 5.75 Å². The first-order valence-corrected chi connectivity index (χ1v) is 6.61. The third-order valence-electron chi connectivity index (χ3n) is 3.06. The van der Waals surface area contributed by atoms with Gasteiger partial charge in [-0.25, -0.2) is 0 Å². The van der Waals surface area contributed by atoms with Gasteiger partial charge in [0.05, 0.1) is 0 Å². The van der Waals surface area contributed by atoms with E-state index in [4.69, 9.17) is 10.5 Å². The monoisotopic (exact) mass is 274 g/mol. The molecule has 3 N–H and O–H groups in total. The van der Waals surface area contributed by atoms with E-state index in [1.54, 1.807) is 24.3 Å². The fourth-order valence-corrected chi connectivity index (χ4v) is 2.13. The summed E-state index contributed by atoms with van der Waals surface area (Å²) in [5.74, 6) is 0.285. The molecule has 1 atom stereocenters. The Morgan fingerprint density at radius 3 is 2.95 bits per heavy atom. The second-order valence-corrected chi connectivity index (χ2v) is 4.80. The summed E-state index contributed by atoms with van der Waals surface area (Å²) in [4.78, 5) is 22.5. The predicted molar refractivity (Wildman–Crippen MR) is 76.2 cm³/mol. The lowest BCUT2D eigenvalue weighted by molar-refractivity contribution is -0.120. The summed E-state index contributed by atoms with van der Waals surface area (Å²) < 4.78 is 5.19. The Balaban J connectivity index is 1.88. The van der Waals surface area contributed by atoms with Crippen molar-refractivity contribution in [1.29, 1.82) is 0 Å². The van der Waals surface area contributed by atoms with Crippen molar-refractivity contribution in [3.8, 4) is 5.75 Å². The van der Waals surface area contributed by atoms with Gasteiger partial charge >= 0.3 is 0 Å². The van der Waals surface area contributed by atoms with Crippen molar-refractivity contribution in [2.24, 2.45) is 11.7 Å². The summed E-state index contributed by atoms with van der Waals surface area (Å²) in [5, 5.41) is 2.83. The first kappa shape index (κ1) is 14.1. The lowest BCUT2D eigenvalue weighted by Gasteiger charge is -2.10. The first-order valence-electron chi connectivity index (χ1n) is 6.61. The second kappa shape index (κ2) is 6.75. The van der Waals surface area contributed by atoms with Crippen LogP contribution in [-0.4, -0.2) is 18.4 Å². The molecule has 1 aromatic rings. The number of hydrogen-bond acceptors (Lipinski definition) is 3. The van der Waals surface area contributed by atoms with Crippen LogP contribution >= 0.6 is 0 Å². The molecule has 0 unspecified atom stereocenters. The van der Waals surface area contributed by atoms with Crippen molar-refractivity contribution < 1.29 is 14.3 Å². The molecule has 1 aliphatic rings. The predicted octanol–water partition coefficient (Wildman–Crippen LogP) is 1.85. The van der Waals surface area contributed by atoms with E-state index >= 15 is 0 Å². The number of rotatable bonds is 6. The van der Waals surface area contributed by atoms with E-state index in [-0.39, 0.29) is 12.5 Å². The number of nitrogens with one attached hydrogen (secondary N) is 1. The average molecular weight is 274 g/mol. The Bertz CT molecular complexity index is 526. The van der Waals surface area contributed by atoms with Crippen LogP contribution in [0.25, 0.3) is 0 Å². The topological polar surface area (TPSA) is 81.4 Å². The van der Waals surface area contributed by atoms with Crippen LogP contribution in [0.4, 0.5) is 5.69 Å². The fraction of sp³-hybridized carbons (Fsp3) is 0.333. The van der Waals surface area contributed by atoms with Crippen LogP contribution in [-0.2, 0) is 9.59 Å². The molecule has 20 heavy (non-hydrogen) atoms. The first-order chi connectivity index (χ1) is 9.63. The molecule has 2 rings (SSSR count). The highest BCUT2D eigenvalue weighted by Gasteiger charge is 2.14. The summed E-state index contributed by atoms with van der Waals surface area (Å²) in [6, 6.07) is 6.91. The van der Waals surface area contributed by atoms with E-state index in [9.17, 15) is 9.59 Å². The minimum atomic E-state index is -0.535. The number of benzene rings is 1. The summed E-state index contributed by atoms with van der Waals surface area (Å²) >= 11 is 0. The van der Waals surface area contributed by atoms with Gasteiger partial charge in [0.15, 0.2) is 6.61 Å². The number of ether oxygens (including phenoxy) is 1. The molecule has 2 amide bonds. The zero-order valence-electron chi connectivity index (χ0n) is 11.2. The number of amides is 2. The number of allylic oxidation sites excluding steroid dienone is 2. The van der Waals surface area contributed by atoms with E-state index in [0.29, 0.717) is 23.8 Å². The highest BCUT2D eigenvalue weighted by molar-refractivity contribution is 5.91. The van der Waals surface area contributed by atoms with Crippen LogP contribution in [0.2, 0.25) is 0 Å². The number of hydrogen-bond donors (Lipinski definition) is 2. The van der Waals surface area contributed by atoms with Crippen molar-refractivity contribution in [2.45, 2.75) is 19.3 Å². The van der Waals surface area contributed by atoms with Crippen molar-refractivity contribution in [3.63, 3.8) is 0 Å². The molecule has 0 aromatic heterocycles. The van der Waals surface area contributed by atoms with E-state index in [1.165, 1.54) is 0 Å². The molecule has 0 heterocycles. The standard InChI is InChI=1S/C15H18N2O3/c16-14(18)10-20-13-7-3-6-12(9-13)17-15(19)8-11-4-1-2-5-11/h1,3-4,6-7,9,11H,2,5,8,10H2,(H2,16,18)(H,17,19)/t11-/m0/s1. The van der Waals surface area contributed by atoms with E-state index in [0.717, 1.165) is 12.8 Å². The second-order valence-electron chi connectivity index (χ2n) is 4.80. The molecule has 1 aromatic carbocycles. The van der Waals surface area contributed by atoms with Crippen LogP contribution in [0.5, 0.6) is 5.75 Å². The molecule has 0 saturated heterocycles. The molecular weight excluding hydrogens is 256 g/mol. The van der Waals surface area contributed by atoms with Gasteiger partial charge in [-0.15, -0.1) is 0 Å². The highest BCUT2D eigenvalue weighted by Crippen LogP contribution is 2.22. The van der Waals surface area contributed by atoms with Crippen molar-refractivity contribution in [3.05, 3.63) is 36.4 Å². The Kier molecular flexibility index (Phi) is 4.76. The summed E-state index contributed by atoms with van der Waals surface area (Å²) in [5.41, 5.74) is 5.66. The van der Waals surface area contributed by atoms with Gasteiger partial charge in [-0.3, -0.25) is 9.59 Å². The lowest BCUT2D eigenvalue weighted by atomic mass is 10.1. The highest BCUT2D eigenvalue weighted by atomic mass is 16.5. The zero-order chi connectivity index (χ0) is 14.4. The van der Waals surface area contributed by atoms with Gasteiger partial charge in [-0.2, -0.15) is 0 Å². The molecule has 106 valence electrons. The van der Waals surface area contributed by atoms with Crippen molar-refractivity contribution >= 4 is 17.5 Å². The van der Waals surface area contributed by atoms with E-state index in [2.05, 4.69) is 17.5 Å². The van der Waals surface area contributed by atoms with Crippen molar-refractivity contribution in [2.75, 3.05) is 11.9 Å². The SMILES string of the molecule is NC(=O)COc1cccc(NC(=O)C[C@H]2C=CCC2)c1. The molecular formula is C15H18N2O3. The van der Waals surface area contributed by atoms with Crippen LogP contribution in [0.3, 0.4) is 0 Å². The van der Waals surface area contributed by atoms with Crippen LogP contribution in [0.1, 0.15) is 19.3 Å². The Labute approximate surface area is 117 Å². The zero-order valence-corrected chi connectivity index (χ0v) is 11.2. The molecule has 0 spiro atoms. The maximum atomic E-state index is 11.9. The molecule has 1 aliphatic carbocycles. The molecule has 5 heteroatoms. The maximum absolute atomic E-state index is 11.9. The van der Waals surface area contributed by atoms with Crippen molar-refractivity contribution in [1.82, 2.24) is 0 Å². The summed E-state index contributed by atoms with van der Waals surface area (Å²) in [6.07, 6.45) is 6.77. The third-order valence-corrected chi connectivity index (χ3v) is 3.06.